The van der Waals surface area contributed by atoms with Gasteiger partial charge in [0.1, 0.15) is 23.8 Å². The van der Waals surface area contributed by atoms with Crippen molar-refractivity contribution in [2.24, 2.45) is 0 Å². The number of carbonyl (C=O) groups is 1. The summed E-state index contributed by atoms with van der Waals surface area (Å²) in [5.74, 6) is -0.790. The standard InChI is InChI=1S/C19H16N4O4/c1-2-26-18-12(6-5-9-21-18)19(25)27-11-16(24)13(10-20)17-22-14-7-3-4-8-15(14)23-17/h3-9,24H,2,11H2,1H3,(H,22,23). The zero-order chi connectivity index (χ0) is 19.2. The Morgan fingerprint density at radius 1 is 1.30 bits per heavy atom. The van der Waals surface area contributed by atoms with Crippen molar-refractivity contribution in [1.82, 2.24) is 15.0 Å². The molecule has 0 radical (unpaired) electrons. The van der Waals surface area contributed by atoms with Crippen molar-refractivity contribution in [1.29, 1.82) is 5.26 Å². The number of hydrogen-bond donors (Lipinski definition) is 2. The molecule has 0 unspecified atom stereocenters. The molecule has 2 N–H and O–H groups in total. The van der Waals surface area contributed by atoms with Gasteiger partial charge in [-0.2, -0.15) is 5.26 Å². The van der Waals surface area contributed by atoms with Crippen LogP contribution in [0.4, 0.5) is 0 Å². The monoisotopic (exact) mass is 364 g/mol. The van der Waals surface area contributed by atoms with E-state index in [1.165, 1.54) is 12.3 Å². The summed E-state index contributed by atoms with van der Waals surface area (Å²) in [4.78, 5) is 23.4. The van der Waals surface area contributed by atoms with Gasteiger partial charge in [0, 0.05) is 6.20 Å². The number of imidazole rings is 1. The van der Waals surface area contributed by atoms with Crippen molar-refractivity contribution >= 4 is 22.6 Å². The maximum absolute atomic E-state index is 12.3. The summed E-state index contributed by atoms with van der Waals surface area (Å²) >= 11 is 0. The van der Waals surface area contributed by atoms with Crippen LogP contribution in [0.5, 0.6) is 5.88 Å². The first-order chi connectivity index (χ1) is 13.1. The smallest absolute Gasteiger partial charge is 0.344 e. The summed E-state index contributed by atoms with van der Waals surface area (Å²) in [7, 11) is 0. The summed E-state index contributed by atoms with van der Waals surface area (Å²) in [5.41, 5.74) is 1.41. The minimum atomic E-state index is -0.722. The fourth-order valence-electron chi connectivity index (χ4n) is 2.41. The maximum atomic E-state index is 12.3. The molecule has 136 valence electrons. The van der Waals surface area contributed by atoms with Crippen molar-refractivity contribution in [3.05, 3.63) is 59.7 Å². The van der Waals surface area contributed by atoms with Crippen molar-refractivity contribution in [3.63, 3.8) is 0 Å². The average molecular weight is 364 g/mol. The Kier molecular flexibility index (Phi) is 5.33. The zero-order valence-electron chi connectivity index (χ0n) is 14.5. The molecule has 0 aliphatic heterocycles. The molecule has 0 atom stereocenters. The molecule has 1 aromatic carbocycles. The number of para-hydroxylation sites is 2. The highest BCUT2D eigenvalue weighted by atomic mass is 16.5. The van der Waals surface area contributed by atoms with E-state index < -0.39 is 18.3 Å². The lowest BCUT2D eigenvalue weighted by Gasteiger charge is -2.09. The van der Waals surface area contributed by atoms with Gasteiger partial charge in [-0.1, -0.05) is 12.1 Å². The van der Waals surface area contributed by atoms with Crippen LogP contribution in [0.25, 0.3) is 16.6 Å². The lowest BCUT2D eigenvalue weighted by Crippen LogP contribution is -2.11. The maximum Gasteiger partial charge on any atom is 0.344 e. The minimum absolute atomic E-state index is 0.102. The molecule has 8 nitrogen and oxygen atoms in total. The van der Waals surface area contributed by atoms with E-state index in [4.69, 9.17) is 9.47 Å². The van der Waals surface area contributed by atoms with Gasteiger partial charge in [-0.25, -0.2) is 14.8 Å². The van der Waals surface area contributed by atoms with Crippen LogP contribution in [-0.4, -0.2) is 39.2 Å². The summed E-state index contributed by atoms with van der Waals surface area (Å²) < 4.78 is 10.4. The lowest BCUT2D eigenvalue weighted by molar-refractivity contribution is 0.0497. The third-order valence-corrected chi connectivity index (χ3v) is 3.64. The van der Waals surface area contributed by atoms with Crippen LogP contribution >= 0.6 is 0 Å². The molecule has 2 heterocycles. The molecule has 0 aliphatic rings. The molecule has 0 saturated heterocycles. The van der Waals surface area contributed by atoms with Crippen LogP contribution in [0.1, 0.15) is 23.1 Å². The van der Waals surface area contributed by atoms with Gasteiger partial charge >= 0.3 is 5.97 Å². The molecule has 0 bridgehead atoms. The topological polar surface area (TPSA) is 121 Å². The average Bonchev–Trinajstić information content (AvgIpc) is 3.11. The molecule has 3 aromatic rings. The minimum Gasteiger partial charge on any atom is -0.507 e. The van der Waals surface area contributed by atoms with Gasteiger partial charge in [-0.05, 0) is 31.2 Å². The second-order valence-corrected chi connectivity index (χ2v) is 5.40. The van der Waals surface area contributed by atoms with Gasteiger partial charge in [0.15, 0.2) is 11.6 Å². The number of pyridine rings is 1. The quantitative estimate of drug-likeness (QED) is 0.392. The van der Waals surface area contributed by atoms with E-state index >= 15 is 0 Å². The van der Waals surface area contributed by atoms with E-state index in [1.807, 2.05) is 18.2 Å². The van der Waals surface area contributed by atoms with Crippen LogP contribution < -0.4 is 4.74 Å². The SMILES string of the molecule is CCOc1ncccc1C(=O)OCC(O)=C(C#N)c1nc2ccccc2[nH]1. The number of ether oxygens (including phenoxy) is 2. The molecule has 0 saturated carbocycles. The van der Waals surface area contributed by atoms with E-state index in [2.05, 4.69) is 15.0 Å². The van der Waals surface area contributed by atoms with E-state index in [0.29, 0.717) is 12.1 Å². The number of esters is 1. The highest BCUT2D eigenvalue weighted by Crippen LogP contribution is 2.20. The first-order valence-corrected chi connectivity index (χ1v) is 8.16. The number of carbonyl (C=O) groups excluding carboxylic acids is 1. The molecule has 2 aromatic heterocycles. The first kappa shape index (κ1) is 17.9. The Bertz CT molecular complexity index is 1020. The van der Waals surface area contributed by atoms with E-state index in [9.17, 15) is 15.2 Å². The van der Waals surface area contributed by atoms with E-state index in [1.54, 1.807) is 25.1 Å². The summed E-state index contributed by atoms with van der Waals surface area (Å²) in [5, 5.41) is 19.6. The second-order valence-electron chi connectivity index (χ2n) is 5.40. The van der Waals surface area contributed by atoms with Crippen LogP contribution in [0.2, 0.25) is 0 Å². The number of H-pyrrole nitrogens is 1. The third kappa shape index (κ3) is 3.88. The van der Waals surface area contributed by atoms with Gasteiger partial charge in [0.25, 0.3) is 0 Å². The van der Waals surface area contributed by atoms with Crippen molar-refractivity contribution in [3.8, 4) is 11.9 Å². The molecule has 8 heteroatoms. The van der Waals surface area contributed by atoms with Gasteiger partial charge in [0.05, 0.1) is 17.6 Å². The van der Waals surface area contributed by atoms with Gasteiger partial charge in [0.2, 0.25) is 5.88 Å². The van der Waals surface area contributed by atoms with Crippen molar-refractivity contribution in [2.45, 2.75) is 6.92 Å². The first-order valence-electron chi connectivity index (χ1n) is 8.16. The fraction of sp³-hybridized carbons (Fsp3) is 0.158. The second kappa shape index (κ2) is 8.01. The van der Waals surface area contributed by atoms with Crippen molar-refractivity contribution in [2.75, 3.05) is 13.2 Å². The summed E-state index contributed by atoms with van der Waals surface area (Å²) in [6.07, 6.45) is 1.49. The number of aromatic amines is 1. The van der Waals surface area contributed by atoms with Gasteiger partial charge in [-0.15, -0.1) is 0 Å². The predicted octanol–water partition coefficient (Wildman–Crippen LogP) is 3.01. The van der Waals surface area contributed by atoms with E-state index in [0.717, 1.165) is 5.52 Å². The molecule has 0 aliphatic carbocycles. The highest BCUT2D eigenvalue weighted by Gasteiger charge is 2.18. The Hall–Kier alpha value is -3.86. The molecular formula is C19H16N4O4. The normalized spacial score (nSPS) is 11.6. The number of aromatic nitrogens is 3. The Morgan fingerprint density at radius 3 is 2.85 bits per heavy atom. The predicted molar refractivity (Wildman–Crippen MR) is 96.9 cm³/mol. The number of hydrogen-bond acceptors (Lipinski definition) is 7. The fourth-order valence-corrected chi connectivity index (χ4v) is 2.41. The van der Waals surface area contributed by atoms with E-state index in [-0.39, 0.29) is 22.8 Å². The third-order valence-electron chi connectivity index (χ3n) is 3.64. The Balaban J connectivity index is 1.79. The summed E-state index contributed by atoms with van der Waals surface area (Å²) in [6.45, 7) is 1.62. The van der Waals surface area contributed by atoms with Gasteiger partial charge < -0.3 is 19.6 Å². The number of rotatable bonds is 6. The molecule has 3 rings (SSSR count). The van der Waals surface area contributed by atoms with Gasteiger partial charge in [-0.3, -0.25) is 0 Å². The number of benzene rings is 1. The largest absolute Gasteiger partial charge is 0.507 e. The highest BCUT2D eigenvalue weighted by molar-refractivity contribution is 5.92. The molecule has 0 spiro atoms. The van der Waals surface area contributed by atoms with Crippen LogP contribution in [0, 0.1) is 11.3 Å². The Morgan fingerprint density at radius 2 is 2.11 bits per heavy atom. The zero-order valence-corrected chi connectivity index (χ0v) is 14.5. The van der Waals surface area contributed by atoms with Crippen LogP contribution in [0.3, 0.4) is 0 Å². The number of allylic oxidation sites excluding steroid dienone is 1. The van der Waals surface area contributed by atoms with Crippen LogP contribution in [0.15, 0.2) is 48.4 Å². The lowest BCUT2D eigenvalue weighted by atomic mass is 10.2. The molecule has 0 amide bonds. The summed E-state index contributed by atoms with van der Waals surface area (Å²) in [6, 6.07) is 12.2. The number of aliphatic hydroxyl groups excluding tert-OH is 1. The number of nitriles is 1. The number of fused-ring (bicyclic) bond motifs is 1. The van der Waals surface area contributed by atoms with Crippen molar-refractivity contribution < 1.29 is 19.4 Å². The van der Waals surface area contributed by atoms with Crippen LogP contribution in [-0.2, 0) is 4.74 Å². The number of nitrogens with zero attached hydrogens (tertiary/aromatic N) is 3. The number of nitrogens with one attached hydrogen (secondary N) is 1. The molecule has 0 fully saturated rings. The number of aliphatic hydroxyl groups is 1. The Labute approximate surface area is 154 Å². The molecule has 27 heavy (non-hydrogen) atoms. The molecular weight excluding hydrogens is 348 g/mol.